The highest BCUT2D eigenvalue weighted by Crippen LogP contribution is 2.19. The molecule has 21 heavy (non-hydrogen) atoms. The maximum Gasteiger partial charge on any atom is 0.335 e. The van der Waals surface area contributed by atoms with Crippen LogP contribution in [0.1, 0.15) is 16.2 Å². The van der Waals surface area contributed by atoms with Crippen LogP contribution in [-0.2, 0) is 16.1 Å². The summed E-state index contributed by atoms with van der Waals surface area (Å²) in [7, 11) is 1.30. The Kier molecular flexibility index (Phi) is 4.90. The van der Waals surface area contributed by atoms with Gasteiger partial charge in [0.25, 0.3) is 0 Å². The molecule has 0 fully saturated rings. The number of halogens is 1. The Balaban J connectivity index is 2.38. The van der Waals surface area contributed by atoms with Crippen molar-refractivity contribution in [2.45, 2.75) is 6.54 Å². The number of aldehydes is 1. The molecule has 0 spiro atoms. The molecule has 0 aliphatic rings. The quantitative estimate of drug-likeness (QED) is 0.484. The predicted octanol–water partition coefficient (Wildman–Crippen LogP) is 2.61. The van der Waals surface area contributed by atoms with E-state index in [1.807, 2.05) is 6.07 Å². The van der Waals surface area contributed by atoms with Crippen molar-refractivity contribution in [1.82, 2.24) is 9.55 Å². The van der Waals surface area contributed by atoms with Crippen LogP contribution in [0.4, 0.5) is 0 Å². The van der Waals surface area contributed by atoms with Crippen molar-refractivity contribution in [2.75, 3.05) is 7.11 Å². The lowest BCUT2D eigenvalue weighted by Crippen LogP contribution is -2.13. The Bertz CT molecular complexity index is 692. The van der Waals surface area contributed by atoms with Gasteiger partial charge in [-0.3, -0.25) is 4.79 Å². The summed E-state index contributed by atoms with van der Waals surface area (Å²) in [6.07, 6.45) is 5.38. The van der Waals surface area contributed by atoms with Crippen molar-refractivity contribution in [3.63, 3.8) is 0 Å². The maximum absolute atomic E-state index is 11.9. The van der Waals surface area contributed by atoms with Crippen molar-refractivity contribution in [1.29, 1.82) is 0 Å². The number of carbonyl (C=O) groups excluding carboxylic acids is 2. The standard InChI is InChI=1S/C15H13ClN2O3/c1-21-15(20)12(8-11-4-2-3-5-13(11)16)9-18-7-6-17-14(18)10-19/h2-8,10H,9H2,1H3/b12-8+. The van der Waals surface area contributed by atoms with Crippen molar-refractivity contribution < 1.29 is 14.3 Å². The second-order valence-corrected chi connectivity index (χ2v) is 4.62. The molecule has 0 unspecified atom stereocenters. The van der Waals surface area contributed by atoms with Gasteiger partial charge in [0.2, 0.25) is 0 Å². The van der Waals surface area contributed by atoms with Gasteiger partial charge in [0, 0.05) is 17.4 Å². The number of hydrogen-bond donors (Lipinski definition) is 0. The highest BCUT2D eigenvalue weighted by atomic mass is 35.5. The number of rotatable bonds is 5. The van der Waals surface area contributed by atoms with Gasteiger partial charge in [-0.25, -0.2) is 9.78 Å². The van der Waals surface area contributed by atoms with Crippen LogP contribution in [0.15, 0.2) is 42.2 Å². The number of hydrogen-bond acceptors (Lipinski definition) is 4. The molecule has 0 N–H and O–H groups in total. The first kappa shape index (κ1) is 15.0. The summed E-state index contributed by atoms with van der Waals surface area (Å²) in [6, 6.07) is 7.15. The molecule has 1 aromatic heterocycles. The number of imidazole rings is 1. The zero-order valence-corrected chi connectivity index (χ0v) is 12.1. The van der Waals surface area contributed by atoms with Gasteiger partial charge in [0.15, 0.2) is 12.1 Å². The molecule has 0 amide bonds. The molecule has 5 nitrogen and oxygen atoms in total. The van der Waals surface area contributed by atoms with Gasteiger partial charge in [0.1, 0.15) is 0 Å². The molecule has 0 saturated heterocycles. The smallest absolute Gasteiger partial charge is 0.335 e. The Morgan fingerprint density at radius 3 is 2.86 bits per heavy atom. The van der Waals surface area contributed by atoms with E-state index >= 15 is 0 Å². The van der Waals surface area contributed by atoms with E-state index in [0.29, 0.717) is 22.4 Å². The summed E-state index contributed by atoms with van der Waals surface area (Å²) in [4.78, 5) is 26.7. The Hall–Kier alpha value is -2.40. The van der Waals surface area contributed by atoms with Gasteiger partial charge < -0.3 is 9.30 Å². The van der Waals surface area contributed by atoms with Crippen LogP contribution < -0.4 is 0 Å². The summed E-state index contributed by atoms with van der Waals surface area (Å²) in [5.74, 6) is -0.246. The highest BCUT2D eigenvalue weighted by molar-refractivity contribution is 6.32. The average molecular weight is 305 g/mol. The van der Waals surface area contributed by atoms with E-state index in [9.17, 15) is 9.59 Å². The first-order valence-electron chi connectivity index (χ1n) is 6.15. The largest absolute Gasteiger partial charge is 0.466 e. The minimum absolute atomic E-state index is 0.173. The van der Waals surface area contributed by atoms with E-state index in [4.69, 9.17) is 16.3 Å². The average Bonchev–Trinajstić information content (AvgIpc) is 2.95. The number of methoxy groups -OCH3 is 1. The molecule has 2 aromatic rings. The van der Waals surface area contributed by atoms with Crippen LogP contribution in [0.3, 0.4) is 0 Å². The highest BCUT2D eigenvalue weighted by Gasteiger charge is 2.13. The summed E-state index contributed by atoms with van der Waals surface area (Å²) in [6.45, 7) is 0.173. The third kappa shape index (κ3) is 3.58. The normalized spacial score (nSPS) is 11.2. The lowest BCUT2D eigenvalue weighted by molar-refractivity contribution is -0.136. The summed E-state index contributed by atoms with van der Waals surface area (Å²) >= 11 is 6.08. The molecule has 0 aliphatic heterocycles. The molecule has 1 heterocycles. The van der Waals surface area contributed by atoms with Crippen LogP contribution in [0.2, 0.25) is 5.02 Å². The van der Waals surface area contributed by atoms with E-state index in [-0.39, 0.29) is 12.4 Å². The Morgan fingerprint density at radius 2 is 2.19 bits per heavy atom. The molecule has 6 heteroatoms. The van der Waals surface area contributed by atoms with Crippen molar-refractivity contribution in [3.8, 4) is 0 Å². The molecular weight excluding hydrogens is 292 g/mol. The predicted molar refractivity (Wildman–Crippen MR) is 79.1 cm³/mol. The second kappa shape index (κ2) is 6.85. The maximum atomic E-state index is 11.9. The molecule has 0 radical (unpaired) electrons. The topological polar surface area (TPSA) is 61.2 Å². The number of aromatic nitrogens is 2. The van der Waals surface area contributed by atoms with E-state index < -0.39 is 5.97 Å². The zero-order chi connectivity index (χ0) is 15.2. The van der Waals surface area contributed by atoms with Crippen molar-refractivity contribution in [2.24, 2.45) is 0 Å². The fraction of sp³-hybridized carbons (Fsp3) is 0.133. The molecular formula is C15H13ClN2O3. The Morgan fingerprint density at radius 1 is 1.43 bits per heavy atom. The molecule has 1 aromatic carbocycles. The first-order valence-corrected chi connectivity index (χ1v) is 6.53. The molecule has 2 rings (SSSR count). The Labute approximate surface area is 126 Å². The van der Waals surface area contributed by atoms with E-state index in [1.165, 1.54) is 13.3 Å². The van der Waals surface area contributed by atoms with E-state index in [0.717, 1.165) is 0 Å². The van der Waals surface area contributed by atoms with Gasteiger partial charge in [-0.1, -0.05) is 29.8 Å². The van der Waals surface area contributed by atoms with Gasteiger partial charge in [-0.05, 0) is 17.7 Å². The number of esters is 1. The molecule has 0 atom stereocenters. The zero-order valence-electron chi connectivity index (χ0n) is 11.3. The summed E-state index contributed by atoms with van der Waals surface area (Å²) in [5, 5.41) is 0.528. The van der Waals surface area contributed by atoms with Gasteiger partial charge in [-0.15, -0.1) is 0 Å². The fourth-order valence-corrected chi connectivity index (χ4v) is 2.03. The van der Waals surface area contributed by atoms with E-state index in [2.05, 4.69) is 4.98 Å². The number of benzene rings is 1. The SMILES string of the molecule is COC(=O)/C(=C/c1ccccc1Cl)Cn1ccnc1C=O. The van der Waals surface area contributed by atoms with Crippen molar-refractivity contribution >= 4 is 29.9 Å². The van der Waals surface area contributed by atoms with Crippen LogP contribution in [0.5, 0.6) is 0 Å². The van der Waals surface area contributed by atoms with Gasteiger partial charge >= 0.3 is 5.97 Å². The minimum atomic E-state index is -0.486. The third-order valence-corrected chi connectivity index (χ3v) is 3.22. The molecule has 0 saturated carbocycles. The lowest BCUT2D eigenvalue weighted by atomic mass is 10.1. The van der Waals surface area contributed by atoms with Gasteiger partial charge in [-0.2, -0.15) is 0 Å². The fourth-order valence-electron chi connectivity index (χ4n) is 1.84. The minimum Gasteiger partial charge on any atom is -0.466 e. The van der Waals surface area contributed by atoms with Crippen LogP contribution in [-0.4, -0.2) is 28.9 Å². The molecule has 0 bridgehead atoms. The lowest BCUT2D eigenvalue weighted by Gasteiger charge is -2.08. The first-order chi connectivity index (χ1) is 10.2. The number of ether oxygens (including phenoxy) is 1. The summed E-state index contributed by atoms with van der Waals surface area (Å²) < 4.78 is 6.34. The molecule has 108 valence electrons. The third-order valence-electron chi connectivity index (χ3n) is 2.88. The van der Waals surface area contributed by atoms with Crippen LogP contribution in [0, 0.1) is 0 Å². The van der Waals surface area contributed by atoms with Gasteiger partial charge in [0.05, 0.1) is 19.2 Å². The molecule has 0 aliphatic carbocycles. The van der Waals surface area contributed by atoms with E-state index in [1.54, 1.807) is 35.0 Å². The van der Waals surface area contributed by atoms with Crippen LogP contribution >= 0.6 is 11.6 Å². The monoisotopic (exact) mass is 304 g/mol. The summed E-state index contributed by atoms with van der Waals surface area (Å²) in [5.41, 5.74) is 1.07. The van der Waals surface area contributed by atoms with Crippen molar-refractivity contribution in [3.05, 3.63) is 58.6 Å². The van der Waals surface area contributed by atoms with Crippen LogP contribution in [0.25, 0.3) is 6.08 Å². The second-order valence-electron chi connectivity index (χ2n) is 4.21. The number of carbonyl (C=O) groups is 2. The number of nitrogens with zero attached hydrogens (tertiary/aromatic N) is 2.